The van der Waals surface area contributed by atoms with E-state index in [1.807, 2.05) is 37.3 Å². The van der Waals surface area contributed by atoms with Gasteiger partial charge in [0.2, 0.25) is 0 Å². The first-order valence-corrected chi connectivity index (χ1v) is 9.03. The summed E-state index contributed by atoms with van der Waals surface area (Å²) in [4.78, 5) is 12.2. The van der Waals surface area contributed by atoms with Crippen LogP contribution in [0.25, 0.3) is 0 Å². The maximum atomic E-state index is 12.0. The molecule has 23 heavy (non-hydrogen) atoms. The van der Waals surface area contributed by atoms with Gasteiger partial charge in [0.1, 0.15) is 0 Å². The number of nitrogens with one attached hydrogen (secondary N) is 2. The van der Waals surface area contributed by atoms with E-state index in [-0.39, 0.29) is 22.7 Å². The molecule has 0 radical (unpaired) electrons. The first-order chi connectivity index (χ1) is 10.9. The van der Waals surface area contributed by atoms with Crippen molar-refractivity contribution in [3.63, 3.8) is 0 Å². The predicted molar refractivity (Wildman–Crippen MR) is 91.2 cm³/mol. The van der Waals surface area contributed by atoms with Crippen molar-refractivity contribution in [1.29, 1.82) is 0 Å². The van der Waals surface area contributed by atoms with E-state index in [1.165, 1.54) is 12.1 Å². The second kappa shape index (κ2) is 7.28. The van der Waals surface area contributed by atoms with Crippen LogP contribution in [0.15, 0.2) is 59.5 Å². The average molecular weight is 332 g/mol. The monoisotopic (exact) mass is 332 g/mol. The van der Waals surface area contributed by atoms with Crippen LogP contribution in [-0.4, -0.2) is 20.2 Å². The van der Waals surface area contributed by atoms with Crippen molar-refractivity contribution in [3.8, 4) is 0 Å². The first kappa shape index (κ1) is 17.0. The van der Waals surface area contributed by atoms with Crippen LogP contribution in [0.5, 0.6) is 0 Å². The van der Waals surface area contributed by atoms with Crippen LogP contribution in [0, 0.1) is 0 Å². The van der Waals surface area contributed by atoms with E-state index in [1.54, 1.807) is 19.1 Å². The highest BCUT2D eigenvalue weighted by Crippen LogP contribution is 2.16. The third-order valence-electron chi connectivity index (χ3n) is 3.50. The second-order valence-electron chi connectivity index (χ2n) is 5.16. The third kappa shape index (κ3) is 4.56. The zero-order chi connectivity index (χ0) is 16.9. The molecule has 2 rings (SSSR count). The number of amides is 2. The predicted octanol–water partition coefficient (Wildman–Crippen LogP) is 3.36. The Balaban J connectivity index is 1.98. The summed E-state index contributed by atoms with van der Waals surface area (Å²) in [6.45, 7) is 3.49. The van der Waals surface area contributed by atoms with Crippen LogP contribution in [0.4, 0.5) is 10.5 Å². The van der Waals surface area contributed by atoms with E-state index < -0.39 is 9.84 Å². The maximum absolute atomic E-state index is 12.0. The third-order valence-corrected chi connectivity index (χ3v) is 5.25. The summed E-state index contributed by atoms with van der Waals surface area (Å²) in [5.74, 6) is 0.0504. The molecule has 2 aromatic rings. The number of benzene rings is 2. The summed E-state index contributed by atoms with van der Waals surface area (Å²) in [6, 6.07) is 15.3. The lowest BCUT2D eigenvalue weighted by Gasteiger charge is -2.15. The van der Waals surface area contributed by atoms with E-state index in [2.05, 4.69) is 10.6 Å². The van der Waals surface area contributed by atoms with Crippen molar-refractivity contribution in [2.75, 3.05) is 11.1 Å². The summed E-state index contributed by atoms with van der Waals surface area (Å²) < 4.78 is 23.5. The van der Waals surface area contributed by atoms with E-state index in [9.17, 15) is 13.2 Å². The molecule has 0 aliphatic carbocycles. The van der Waals surface area contributed by atoms with Crippen molar-refractivity contribution in [2.24, 2.45) is 0 Å². The largest absolute Gasteiger partial charge is 0.331 e. The molecule has 122 valence electrons. The van der Waals surface area contributed by atoms with Crippen LogP contribution in [-0.2, 0) is 9.84 Å². The maximum Gasteiger partial charge on any atom is 0.319 e. The summed E-state index contributed by atoms with van der Waals surface area (Å²) in [5.41, 5.74) is 1.55. The minimum atomic E-state index is -3.23. The van der Waals surface area contributed by atoms with Crippen LogP contribution in [0.1, 0.15) is 25.5 Å². The lowest BCUT2D eigenvalue weighted by atomic mass is 10.1. The van der Waals surface area contributed by atoms with Gasteiger partial charge < -0.3 is 10.6 Å². The standard InChI is InChI=1S/C17H20N2O3S/c1-3-23(21,22)16-11-9-15(10-12-16)19-17(20)18-13(2)14-7-5-4-6-8-14/h4-13H,3H2,1-2H3,(H2,18,19,20)/t13-/m1/s1. The summed E-state index contributed by atoms with van der Waals surface area (Å²) in [5, 5.41) is 5.53. The topological polar surface area (TPSA) is 75.3 Å². The van der Waals surface area contributed by atoms with Gasteiger partial charge in [-0.1, -0.05) is 37.3 Å². The fourth-order valence-corrected chi connectivity index (χ4v) is 2.99. The van der Waals surface area contributed by atoms with Gasteiger partial charge in [-0.2, -0.15) is 0 Å². The lowest BCUT2D eigenvalue weighted by molar-refractivity contribution is 0.249. The van der Waals surface area contributed by atoms with Crippen LogP contribution >= 0.6 is 0 Å². The number of carbonyl (C=O) groups excluding carboxylic acids is 1. The molecule has 2 amide bonds. The minimum absolute atomic E-state index is 0.0504. The zero-order valence-electron chi connectivity index (χ0n) is 13.1. The van der Waals surface area contributed by atoms with Gasteiger partial charge in [-0.25, -0.2) is 13.2 Å². The molecule has 0 saturated carbocycles. The number of urea groups is 1. The Hall–Kier alpha value is -2.34. The van der Waals surface area contributed by atoms with Crippen LogP contribution in [0.3, 0.4) is 0 Å². The Morgan fingerprint density at radius 1 is 1.04 bits per heavy atom. The smallest absolute Gasteiger partial charge is 0.319 e. The van der Waals surface area contributed by atoms with E-state index >= 15 is 0 Å². The van der Waals surface area contributed by atoms with E-state index in [4.69, 9.17) is 0 Å². The van der Waals surface area contributed by atoms with Crippen molar-refractivity contribution in [1.82, 2.24) is 5.32 Å². The zero-order valence-corrected chi connectivity index (χ0v) is 13.9. The quantitative estimate of drug-likeness (QED) is 0.881. The van der Waals surface area contributed by atoms with Gasteiger partial charge in [0.25, 0.3) is 0 Å². The number of hydrogen-bond acceptors (Lipinski definition) is 3. The molecule has 2 N–H and O–H groups in total. The van der Waals surface area contributed by atoms with Gasteiger partial charge in [-0.05, 0) is 36.8 Å². The van der Waals surface area contributed by atoms with Gasteiger partial charge in [0.15, 0.2) is 9.84 Å². The van der Waals surface area contributed by atoms with Crippen molar-refractivity contribution in [2.45, 2.75) is 24.8 Å². The number of carbonyl (C=O) groups is 1. The molecule has 0 unspecified atom stereocenters. The molecule has 1 atom stereocenters. The Kier molecular flexibility index (Phi) is 5.39. The number of sulfone groups is 1. The normalized spacial score (nSPS) is 12.4. The first-order valence-electron chi connectivity index (χ1n) is 7.37. The Morgan fingerprint density at radius 2 is 1.65 bits per heavy atom. The van der Waals surface area contributed by atoms with Crippen molar-refractivity contribution in [3.05, 3.63) is 60.2 Å². The number of rotatable bonds is 5. The fraction of sp³-hybridized carbons (Fsp3) is 0.235. The van der Waals surface area contributed by atoms with Crippen LogP contribution in [0.2, 0.25) is 0 Å². The van der Waals surface area contributed by atoms with Crippen molar-refractivity contribution < 1.29 is 13.2 Å². The highest BCUT2D eigenvalue weighted by molar-refractivity contribution is 7.91. The fourth-order valence-electron chi connectivity index (χ4n) is 2.10. The highest BCUT2D eigenvalue weighted by Gasteiger charge is 2.12. The molecule has 0 fully saturated rings. The second-order valence-corrected chi connectivity index (χ2v) is 7.44. The SMILES string of the molecule is CCS(=O)(=O)c1ccc(NC(=O)N[C@H](C)c2ccccc2)cc1. The molecule has 0 spiro atoms. The molecule has 0 saturated heterocycles. The van der Waals surface area contributed by atoms with Crippen LogP contribution < -0.4 is 10.6 Å². The molecule has 2 aromatic carbocycles. The number of anilines is 1. The molecule has 0 heterocycles. The molecule has 0 aliphatic heterocycles. The molecule has 5 nitrogen and oxygen atoms in total. The Bertz CT molecular complexity index is 756. The lowest BCUT2D eigenvalue weighted by Crippen LogP contribution is -2.31. The Labute approximate surface area is 136 Å². The molecule has 0 aliphatic rings. The van der Waals surface area contributed by atoms with Gasteiger partial charge in [0.05, 0.1) is 16.7 Å². The van der Waals surface area contributed by atoms with Gasteiger partial charge in [-0.3, -0.25) is 0 Å². The molecule has 0 aromatic heterocycles. The number of hydrogen-bond donors (Lipinski definition) is 2. The molecular weight excluding hydrogens is 312 g/mol. The van der Waals surface area contributed by atoms with Crippen molar-refractivity contribution >= 4 is 21.6 Å². The molecule has 0 bridgehead atoms. The summed E-state index contributed by atoms with van der Waals surface area (Å²) in [7, 11) is -3.23. The van der Waals surface area contributed by atoms with Gasteiger partial charge in [-0.15, -0.1) is 0 Å². The van der Waals surface area contributed by atoms with E-state index in [0.717, 1.165) is 5.56 Å². The van der Waals surface area contributed by atoms with E-state index in [0.29, 0.717) is 5.69 Å². The Morgan fingerprint density at radius 3 is 2.22 bits per heavy atom. The van der Waals surface area contributed by atoms with Gasteiger partial charge in [0, 0.05) is 5.69 Å². The average Bonchev–Trinajstić information content (AvgIpc) is 2.56. The summed E-state index contributed by atoms with van der Waals surface area (Å²) >= 11 is 0. The minimum Gasteiger partial charge on any atom is -0.331 e. The highest BCUT2D eigenvalue weighted by atomic mass is 32.2. The molecular formula is C17H20N2O3S. The van der Waals surface area contributed by atoms with Gasteiger partial charge >= 0.3 is 6.03 Å². The summed E-state index contributed by atoms with van der Waals surface area (Å²) in [6.07, 6.45) is 0. The molecule has 6 heteroatoms.